The Labute approximate surface area is 178 Å². The Morgan fingerprint density at radius 3 is 2.53 bits per heavy atom. The van der Waals surface area contributed by atoms with Crippen molar-refractivity contribution in [1.29, 1.82) is 0 Å². The molecule has 2 rings (SSSR count). The van der Waals surface area contributed by atoms with E-state index in [-0.39, 0.29) is 12.0 Å². The molecule has 1 aliphatic heterocycles. The van der Waals surface area contributed by atoms with E-state index in [0.717, 1.165) is 37.2 Å². The fourth-order valence-corrected chi connectivity index (χ4v) is 3.75. The van der Waals surface area contributed by atoms with Crippen LogP contribution in [0.3, 0.4) is 0 Å². The number of nitrogens with zero attached hydrogens (tertiary/aromatic N) is 3. The zero-order chi connectivity index (χ0) is 23.0. The lowest BCUT2D eigenvalue weighted by Crippen LogP contribution is -2.67. The molecule has 0 saturated carbocycles. The number of carbonyl (C=O) groups is 3. The number of carboxylic acid groups (broad SMARTS) is 1. The van der Waals surface area contributed by atoms with Gasteiger partial charge in [0.15, 0.2) is 17.5 Å². The first-order valence-electron chi connectivity index (χ1n) is 8.49. The number of hydrogen-bond acceptors (Lipinski definition) is 8. The molecule has 1 aliphatic rings. The molecule has 1 heterocycles. The van der Waals surface area contributed by atoms with Gasteiger partial charge in [0, 0.05) is 25.7 Å². The molecule has 164 valence electrons. The maximum Gasteiger partial charge on any atom is 0.328 e. The maximum absolute atomic E-state index is 12.5. The van der Waals surface area contributed by atoms with E-state index in [1.54, 1.807) is 6.92 Å². The molecule has 0 bridgehead atoms. The van der Waals surface area contributed by atoms with Crippen molar-refractivity contribution in [1.82, 2.24) is 9.91 Å². The molecule has 3 N–H and O–H groups in total. The summed E-state index contributed by atoms with van der Waals surface area (Å²) in [5, 5.41) is 32.6. The van der Waals surface area contributed by atoms with Crippen LogP contribution < -0.4 is 0 Å². The van der Waals surface area contributed by atoms with E-state index < -0.39 is 62.2 Å². The molecule has 4 atom stereocenters. The molecule has 1 saturated heterocycles. The second-order valence-electron chi connectivity index (χ2n) is 6.88. The molecule has 13 heteroatoms. The molecular formula is C17H19ClN3O8S-. The fourth-order valence-electron chi connectivity index (χ4n) is 2.98. The van der Waals surface area contributed by atoms with E-state index in [1.807, 2.05) is 0 Å². The number of aromatic hydroxyl groups is 2. The van der Waals surface area contributed by atoms with Crippen LogP contribution in [0.5, 0.6) is 11.5 Å². The van der Waals surface area contributed by atoms with Gasteiger partial charge in [-0.2, -0.15) is 5.10 Å². The number of likely N-dealkylation sites (tertiary alicyclic amines) is 1. The first-order chi connectivity index (χ1) is 13.8. The normalized spacial score (nSPS) is 20.4. The van der Waals surface area contributed by atoms with E-state index in [1.165, 1.54) is 0 Å². The summed E-state index contributed by atoms with van der Waals surface area (Å²) in [6, 6.07) is -0.0919. The van der Waals surface area contributed by atoms with Crippen LogP contribution in [0.25, 0.3) is 0 Å². The van der Waals surface area contributed by atoms with Crippen molar-refractivity contribution in [2.45, 2.75) is 37.1 Å². The number of β-lactam (4-membered cyclic amide) rings is 1. The first-order valence-corrected chi connectivity index (χ1v) is 9.95. The molecule has 1 aromatic rings. The van der Waals surface area contributed by atoms with E-state index in [2.05, 4.69) is 5.10 Å². The van der Waals surface area contributed by atoms with E-state index in [4.69, 9.17) is 11.6 Å². The van der Waals surface area contributed by atoms with Gasteiger partial charge in [-0.1, -0.05) is 11.6 Å². The number of benzene rings is 1. The second kappa shape index (κ2) is 8.58. The highest BCUT2D eigenvalue weighted by atomic mass is 35.5. The summed E-state index contributed by atoms with van der Waals surface area (Å²) in [6.07, 6.45) is 0.836. The van der Waals surface area contributed by atoms with Gasteiger partial charge in [-0.15, -0.1) is 0 Å². The van der Waals surface area contributed by atoms with Crippen LogP contribution in [0, 0.1) is 0 Å². The van der Waals surface area contributed by atoms with Crippen LogP contribution in [0.4, 0.5) is 0 Å². The largest absolute Gasteiger partial charge is 0.772 e. The highest BCUT2D eigenvalue weighted by Crippen LogP contribution is 2.36. The van der Waals surface area contributed by atoms with Crippen LogP contribution in [-0.2, 0) is 20.7 Å². The third kappa shape index (κ3) is 4.11. The molecule has 0 spiro atoms. The summed E-state index contributed by atoms with van der Waals surface area (Å²) in [4.78, 5) is 37.2. The van der Waals surface area contributed by atoms with Crippen LogP contribution in [0.2, 0.25) is 5.02 Å². The van der Waals surface area contributed by atoms with Gasteiger partial charge in [-0.25, -0.2) is 9.80 Å². The topological polar surface area (TPSA) is 171 Å². The Morgan fingerprint density at radius 2 is 2.07 bits per heavy atom. The summed E-state index contributed by atoms with van der Waals surface area (Å²) < 4.78 is 21.7. The zero-order valence-corrected chi connectivity index (χ0v) is 17.7. The second-order valence-corrected chi connectivity index (χ2v) is 8.61. The van der Waals surface area contributed by atoms with Crippen molar-refractivity contribution >= 4 is 46.7 Å². The predicted octanol–water partition coefficient (Wildman–Crippen LogP) is 0.521. The molecule has 1 fully saturated rings. The molecule has 11 nitrogen and oxygen atoms in total. The van der Waals surface area contributed by atoms with Gasteiger partial charge in [0.05, 0.1) is 15.3 Å². The van der Waals surface area contributed by atoms with Crippen molar-refractivity contribution in [2.24, 2.45) is 5.10 Å². The number of hydrazone groups is 1. The SMILES string of the molecule is C[C@@H]1CC(=O)N1[C@@H](C(=O)O)[C@](C)(/C=N/N(C)C(=O)c1ccc(O)c(O)c1Cl)S(=O)[O-]. The number of phenolic OH excluding ortho intramolecular Hbond substituents is 2. The minimum absolute atomic E-state index is 0.0870. The summed E-state index contributed by atoms with van der Waals surface area (Å²) in [7, 11) is 1.15. The van der Waals surface area contributed by atoms with Crippen LogP contribution in [0.15, 0.2) is 17.2 Å². The van der Waals surface area contributed by atoms with Gasteiger partial charge in [-0.05, 0) is 37.1 Å². The van der Waals surface area contributed by atoms with Crippen molar-refractivity contribution in [3.05, 3.63) is 22.7 Å². The Kier molecular flexibility index (Phi) is 6.74. The zero-order valence-electron chi connectivity index (χ0n) is 16.1. The van der Waals surface area contributed by atoms with Crippen molar-refractivity contribution in [3.8, 4) is 11.5 Å². The van der Waals surface area contributed by atoms with E-state index in [9.17, 15) is 38.5 Å². The summed E-state index contributed by atoms with van der Waals surface area (Å²) in [5.41, 5.74) is -0.238. The van der Waals surface area contributed by atoms with Crippen LogP contribution >= 0.6 is 11.6 Å². The minimum atomic E-state index is -3.03. The third-order valence-corrected chi connectivity index (χ3v) is 6.18. The molecule has 0 radical (unpaired) electrons. The summed E-state index contributed by atoms with van der Waals surface area (Å²) in [5.74, 6) is -4.20. The summed E-state index contributed by atoms with van der Waals surface area (Å²) >= 11 is 2.81. The lowest BCUT2D eigenvalue weighted by atomic mass is 9.92. The maximum atomic E-state index is 12.5. The Balaban J connectivity index is 2.38. The third-order valence-electron chi connectivity index (χ3n) is 4.75. The van der Waals surface area contributed by atoms with Gasteiger partial charge >= 0.3 is 5.97 Å². The Bertz CT molecular complexity index is 955. The average molecular weight is 461 g/mol. The van der Waals surface area contributed by atoms with Gasteiger partial charge < -0.3 is 24.8 Å². The quantitative estimate of drug-likeness (QED) is 0.174. The number of phenols is 2. The Hall–Kier alpha value is -2.70. The number of carboxylic acids is 1. The predicted molar refractivity (Wildman–Crippen MR) is 105 cm³/mol. The summed E-state index contributed by atoms with van der Waals surface area (Å²) in [6.45, 7) is 2.64. The lowest BCUT2D eigenvalue weighted by Gasteiger charge is -2.48. The van der Waals surface area contributed by atoms with E-state index >= 15 is 0 Å². The molecular weight excluding hydrogens is 442 g/mol. The number of hydrogen-bond donors (Lipinski definition) is 3. The van der Waals surface area contributed by atoms with E-state index in [0.29, 0.717) is 5.01 Å². The standard InChI is InChI=1S/C17H20ClN3O8S/c1-8-6-11(23)21(8)14(16(26)27)17(2,30(28)29)7-19-20(3)15(25)9-4-5-10(22)13(24)12(9)18/h4-5,7-8,14,22,24H,6H2,1-3H3,(H,26,27)(H,28,29)/p-1/b19-7+/t8-,14+,17+/m1/s1. The number of carbonyl (C=O) groups excluding carboxylic acids is 2. The molecule has 30 heavy (non-hydrogen) atoms. The number of aliphatic carboxylic acids is 1. The van der Waals surface area contributed by atoms with Crippen molar-refractivity contribution < 1.29 is 38.5 Å². The molecule has 1 aromatic carbocycles. The van der Waals surface area contributed by atoms with Crippen LogP contribution in [-0.4, -0.2) is 81.9 Å². The average Bonchev–Trinajstić information content (AvgIpc) is 2.67. The molecule has 0 aliphatic carbocycles. The molecule has 0 aromatic heterocycles. The number of halogens is 1. The lowest BCUT2D eigenvalue weighted by molar-refractivity contribution is -0.161. The Morgan fingerprint density at radius 1 is 1.47 bits per heavy atom. The highest BCUT2D eigenvalue weighted by Gasteiger charge is 2.51. The molecule has 2 amide bonds. The van der Waals surface area contributed by atoms with Gasteiger partial charge in [0.25, 0.3) is 5.91 Å². The fraction of sp³-hybridized carbons (Fsp3) is 0.412. The molecule has 1 unspecified atom stereocenters. The van der Waals surface area contributed by atoms with Gasteiger partial charge in [-0.3, -0.25) is 13.8 Å². The van der Waals surface area contributed by atoms with Crippen LogP contribution in [0.1, 0.15) is 30.6 Å². The number of amides is 2. The highest BCUT2D eigenvalue weighted by molar-refractivity contribution is 7.81. The smallest absolute Gasteiger partial charge is 0.328 e. The minimum Gasteiger partial charge on any atom is -0.772 e. The number of rotatable bonds is 7. The monoisotopic (exact) mass is 460 g/mol. The van der Waals surface area contributed by atoms with Crippen molar-refractivity contribution in [3.63, 3.8) is 0 Å². The van der Waals surface area contributed by atoms with Gasteiger partial charge in [0.2, 0.25) is 5.91 Å². The first kappa shape index (κ1) is 23.6. The van der Waals surface area contributed by atoms with Crippen molar-refractivity contribution in [2.75, 3.05) is 7.05 Å². The van der Waals surface area contributed by atoms with Gasteiger partial charge in [0.1, 0.15) is 0 Å².